The van der Waals surface area contributed by atoms with Crippen molar-refractivity contribution in [1.82, 2.24) is 0 Å². The Balaban J connectivity index is -0.0000000150. The molecule has 0 fully saturated rings. The first-order chi connectivity index (χ1) is 1.73. The predicted octanol–water partition coefficient (Wildman–Crippen LogP) is -9.23. The molecule has 7 heteroatoms. The second-order valence-electron chi connectivity index (χ2n) is 0.224. The van der Waals surface area contributed by atoms with Crippen molar-refractivity contribution < 1.29 is 88.2 Å². The number of nitrogens with zero attached hydrogens (tertiary/aromatic N) is 1. The van der Waals surface area contributed by atoms with Gasteiger partial charge in [0.2, 0.25) is 0 Å². The molecule has 0 aromatic carbocycles. The van der Waals surface area contributed by atoms with Crippen molar-refractivity contribution in [2.45, 2.75) is 0 Å². The standard InChI is InChI=1S/HI.NO3.2Na/c;2-1(3)4;;/h1H;;;/q;-1;2*+1/p-1. The van der Waals surface area contributed by atoms with E-state index in [0.717, 1.165) is 0 Å². The van der Waals surface area contributed by atoms with Gasteiger partial charge in [-0.2, -0.15) is 0 Å². The molecule has 4 nitrogen and oxygen atoms in total. The van der Waals surface area contributed by atoms with Crippen LogP contribution in [-0.2, 0) is 0 Å². The Morgan fingerprint density at radius 1 is 1.14 bits per heavy atom. The van der Waals surface area contributed by atoms with Crippen molar-refractivity contribution in [3.05, 3.63) is 15.3 Å². The average molecular weight is 235 g/mol. The molecule has 0 aliphatic heterocycles. The molecule has 0 spiro atoms. The van der Waals surface area contributed by atoms with E-state index in [2.05, 4.69) is 0 Å². The average Bonchev–Trinajstić information content (AvgIpc) is 0.811. The summed E-state index contributed by atoms with van der Waals surface area (Å²) in [4.78, 5) is 8.25. The van der Waals surface area contributed by atoms with Crippen LogP contribution >= 0.6 is 0 Å². The molecule has 0 aromatic heterocycles. The molecular weight excluding hydrogens is 235 g/mol. The number of hydrogen-bond donors (Lipinski definition) is 0. The van der Waals surface area contributed by atoms with E-state index in [9.17, 15) is 0 Å². The van der Waals surface area contributed by atoms with Gasteiger partial charge >= 0.3 is 59.1 Å². The van der Waals surface area contributed by atoms with Gasteiger partial charge in [0.1, 0.15) is 0 Å². The van der Waals surface area contributed by atoms with E-state index in [0.29, 0.717) is 0 Å². The molecule has 0 saturated carbocycles. The van der Waals surface area contributed by atoms with Crippen LogP contribution in [0.1, 0.15) is 0 Å². The first-order valence-corrected chi connectivity index (χ1v) is 0.548. The van der Waals surface area contributed by atoms with Gasteiger partial charge in [-0.05, 0) is 0 Å². The smallest absolute Gasteiger partial charge is 1.00 e. The molecule has 0 amide bonds. The number of rotatable bonds is 0. The van der Waals surface area contributed by atoms with Gasteiger partial charge in [0.15, 0.2) is 0 Å². The van der Waals surface area contributed by atoms with E-state index in [1.54, 1.807) is 0 Å². The summed E-state index contributed by atoms with van der Waals surface area (Å²) in [7, 11) is 0. The minimum absolute atomic E-state index is 0. The maximum atomic E-state index is 8.25. The molecule has 0 saturated heterocycles. The van der Waals surface area contributed by atoms with Gasteiger partial charge in [-0.3, -0.25) is 0 Å². The van der Waals surface area contributed by atoms with Gasteiger partial charge in [-0.1, -0.05) is 0 Å². The van der Waals surface area contributed by atoms with E-state index >= 15 is 0 Å². The van der Waals surface area contributed by atoms with Crippen molar-refractivity contribution in [1.29, 1.82) is 0 Å². The van der Waals surface area contributed by atoms with Gasteiger partial charge in [0.25, 0.3) is 0 Å². The van der Waals surface area contributed by atoms with E-state index in [1.165, 1.54) is 0 Å². The van der Waals surface area contributed by atoms with Gasteiger partial charge in [-0.25, -0.2) is 0 Å². The normalized spacial score (nSPS) is 3.43. The fourth-order valence-corrected chi connectivity index (χ4v) is 0. The minimum atomic E-state index is -1.75. The van der Waals surface area contributed by atoms with Crippen LogP contribution in [0.3, 0.4) is 0 Å². The molecule has 0 N–H and O–H groups in total. The maximum Gasteiger partial charge on any atom is 1.00 e. The van der Waals surface area contributed by atoms with Crippen molar-refractivity contribution in [2.75, 3.05) is 0 Å². The molecule has 0 aliphatic carbocycles. The molecule has 32 valence electrons. The van der Waals surface area contributed by atoms with Gasteiger partial charge in [-0.15, -0.1) is 0 Å². The second-order valence-corrected chi connectivity index (χ2v) is 0.224. The van der Waals surface area contributed by atoms with Crippen molar-refractivity contribution in [3.63, 3.8) is 0 Å². The summed E-state index contributed by atoms with van der Waals surface area (Å²) in [6.45, 7) is 0. The van der Waals surface area contributed by atoms with E-state index in [1.807, 2.05) is 0 Å². The van der Waals surface area contributed by atoms with Crippen LogP contribution in [0.2, 0.25) is 0 Å². The van der Waals surface area contributed by atoms with E-state index in [-0.39, 0.29) is 83.1 Å². The monoisotopic (exact) mass is 235 g/mol. The molecule has 7 heavy (non-hydrogen) atoms. The molecular formula is INNa2O3. The van der Waals surface area contributed by atoms with E-state index < -0.39 is 5.09 Å². The summed E-state index contributed by atoms with van der Waals surface area (Å²) >= 11 is 0. The molecule has 0 unspecified atom stereocenters. The molecule has 0 aliphatic rings. The Morgan fingerprint density at radius 2 is 1.14 bits per heavy atom. The van der Waals surface area contributed by atoms with Crippen LogP contribution in [0.15, 0.2) is 0 Å². The Kier molecular flexibility index (Phi) is 51.7. The third-order valence-electron chi connectivity index (χ3n) is 0. The summed E-state index contributed by atoms with van der Waals surface area (Å²) < 4.78 is 0. The number of halogens is 1. The third-order valence-corrected chi connectivity index (χ3v) is 0. The first kappa shape index (κ1) is 23.1. The SMILES string of the molecule is O=[N+]([O-])[O-].[I-].[Na+].[Na+]. The summed E-state index contributed by atoms with van der Waals surface area (Å²) in [6.07, 6.45) is 0. The molecule has 0 radical (unpaired) electrons. The van der Waals surface area contributed by atoms with Crippen molar-refractivity contribution >= 4 is 0 Å². The Bertz CT molecular complexity index is 35.9. The molecule has 0 heterocycles. The van der Waals surface area contributed by atoms with E-state index in [4.69, 9.17) is 15.3 Å². The van der Waals surface area contributed by atoms with Crippen LogP contribution < -0.4 is 83.1 Å². The molecule has 0 aromatic rings. The zero-order chi connectivity index (χ0) is 3.58. The first-order valence-electron chi connectivity index (χ1n) is 0.548. The summed E-state index contributed by atoms with van der Waals surface area (Å²) in [5, 5.41) is 14.8. The van der Waals surface area contributed by atoms with Gasteiger partial charge < -0.3 is 39.3 Å². The largest absolute Gasteiger partial charge is 1.00 e. The van der Waals surface area contributed by atoms with Crippen LogP contribution in [-0.4, -0.2) is 5.09 Å². The summed E-state index contributed by atoms with van der Waals surface area (Å²) in [5.41, 5.74) is 0. The van der Waals surface area contributed by atoms with Crippen LogP contribution in [0, 0.1) is 15.3 Å². The quantitative estimate of drug-likeness (QED) is 0.181. The molecule has 0 atom stereocenters. The fourth-order valence-electron chi connectivity index (χ4n) is 0. The number of hydrogen-bond acceptors (Lipinski definition) is 3. The van der Waals surface area contributed by atoms with Crippen molar-refractivity contribution in [3.8, 4) is 0 Å². The minimum Gasteiger partial charge on any atom is -1.00 e. The summed E-state index contributed by atoms with van der Waals surface area (Å²) in [6, 6.07) is 0. The zero-order valence-electron chi connectivity index (χ0n) is 4.05. The molecule has 0 bridgehead atoms. The topological polar surface area (TPSA) is 66.2 Å². The van der Waals surface area contributed by atoms with Crippen LogP contribution in [0.25, 0.3) is 0 Å². The predicted molar refractivity (Wildman–Crippen MR) is 10.4 cm³/mol. The molecule has 0 rings (SSSR count). The van der Waals surface area contributed by atoms with Crippen LogP contribution in [0.4, 0.5) is 0 Å². The third kappa shape index (κ3) is 74.9. The van der Waals surface area contributed by atoms with Crippen LogP contribution in [0.5, 0.6) is 0 Å². The van der Waals surface area contributed by atoms with Gasteiger partial charge in [0, 0.05) is 0 Å². The van der Waals surface area contributed by atoms with Gasteiger partial charge in [0.05, 0.1) is 5.09 Å². The maximum absolute atomic E-state index is 8.25. The Morgan fingerprint density at radius 3 is 1.14 bits per heavy atom. The summed E-state index contributed by atoms with van der Waals surface area (Å²) in [5.74, 6) is 0. The fraction of sp³-hybridized carbons (Fsp3) is 0. The second kappa shape index (κ2) is 15.7. The Hall–Kier alpha value is 1.93. The zero-order valence-corrected chi connectivity index (χ0v) is 10.2. The Labute approximate surface area is 102 Å². The van der Waals surface area contributed by atoms with Crippen molar-refractivity contribution in [2.24, 2.45) is 0 Å².